The summed E-state index contributed by atoms with van der Waals surface area (Å²) in [5, 5.41) is 62.1. The van der Waals surface area contributed by atoms with E-state index in [1.54, 1.807) is 43.1 Å². The van der Waals surface area contributed by atoms with Crippen LogP contribution in [0.5, 0.6) is 17.2 Å². The van der Waals surface area contributed by atoms with Gasteiger partial charge in [-0.3, -0.25) is 33.7 Å². The number of oxime groups is 1. The molecule has 0 aliphatic carbocycles. The summed E-state index contributed by atoms with van der Waals surface area (Å²) >= 11 is 8.49. The standard InChI is InChI=1S/C44H46ClN11O12S2/c1-19(47-3)36(60)50-29-21-8-9-26(58)24(14-21)28-25(15-23(57)16-27(28)59)30(51-37(61)20(2)49-39(29)63)38(62)48-10-7-13-68-54-32(31-35(45)70-44(46)53-31)40(64)52-33-41(65)56-34(43(66)67)22(18-69-42(33)56)17-55-11-5-4-6-12-55/h4-6,8-9,11-12,14-16,19-20,29-30,33,42,47H,7,10,13,17-18H2,1-3H3,(H10-,46,48,49,50,51,52,53,54,57,58,59,60,61,62,63,64,66,67)/p+1/t19-,20+,29-,30+,33-,42-/m1/s1. The van der Waals surface area contributed by atoms with Gasteiger partial charge >= 0.3 is 5.97 Å². The fraction of sp³-hybridized carbons (Fsp3) is 0.318. The molecular weight excluding hydrogens is 974 g/mol. The van der Waals surface area contributed by atoms with E-state index in [1.807, 2.05) is 6.07 Å². The lowest BCUT2D eigenvalue weighted by Crippen LogP contribution is -2.71. The van der Waals surface area contributed by atoms with Crippen LogP contribution in [0.4, 0.5) is 5.13 Å². The minimum Gasteiger partial charge on any atom is -0.508 e. The van der Waals surface area contributed by atoms with Crippen LogP contribution in [0, 0.1) is 0 Å². The van der Waals surface area contributed by atoms with Gasteiger partial charge in [0.05, 0.1) is 6.04 Å². The van der Waals surface area contributed by atoms with Crippen molar-refractivity contribution in [2.75, 3.05) is 31.7 Å². The molecule has 2 bridgehead atoms. The van der Waals surface area contributed by atoms with Crippen molar-refractivity contribution < 1.29 is 63.4 Å². The monoisotopic (exact) mass is 1020 g/mol. The molecule has 3 aliphatic rings. The summed E-state index contributed by atoms with van der Waals surface area (Å²) in [4.78, 5) is 105. The Hall–Kier alpha value is -7.48. The number of likely N-dealkylation sites (N-methyl/N-ethyl adjacent to an activating group) is 1. The van der Waals surface area contributed by atoms with E-state index in [-0.39, 0.29) is 75.0 Å². The third-order valence-corrected chi connectivity index (χ3v) is 13.8. The number of aromatic hydroxyl groups is 3. The number of amides is 6. The summed E-state index contributed by atoms with van der Waals surface area (Å²) in [6.45, 7) is 2.73. The highest BCUT2D eigenvalue weighted by molar-refractivity contribution is 8.00. The smallest absolute Gasteiger partial charge is 0.352 e. The number of thioether (sulfide) groups is 1. The topological polar surface area (TPSA) is 340 Å². The summed E-state index contributed by atoms with van der Waals surface area (Å²) in [6.07, 6.45) is 3.56. The van der Waals surface area contributed by atoms with E-state index in [9.17, 15) is 54.0 Å². The van der Waals surface area contributed by atoms with Crippen LogP contribution in [0.15, 0.2) is 77.4 Å². The number of carbonyl (C=O) groups is 7. The van der Waals surface area contributed by atoms with Gasteiger partial charge in [-0.25, -0.2) is 14.3 Å². The van der Waals surface area contributed by atoms with Crippen molar-refractivity contribution >= 4 is 87.0 Å². The Balaban J connectivity index is 1.06. The Morgan fingerprint density at radius 2 is 1.79 bits per heavy atom. The molecule has 4 aromatic rings. The average molecular weight is 1020 g/mol. The predicted molar refractivity (Wildman–Crippen MR) is 253 cm³/mol. The number of carboxylic acids is 1. The van der Waals surface area contributed by atoms with Crippen LogP contribution in [-0.2, 0) is 44.9 Å². The van der Waals surface area contributed by atoms with E-state index in [0.29, 0.717) is 5.57 Å². The molecule has 23 nitrogen and oxygen atoms in total. The number of carbonyl (C=O) groups excluding carboxylic acids is 6. The summed E-state index contributed by atoms with van der Waals surface area (Å²) in [5.41, 5.74) is 5.28. The number of fused-ring (bicyclic) bond motifs is 5. The molecule has 2 aromatic heterocycles. The second kappa shape index (κ2) is 21.4. The maximum atomic E-state index is 14.1. The van der Waals surface area contributed by atoms with E-state index in [2.05, 4.69) is 42.0 Å². The molecule has 5 heterocycles. The van der Waals surface area contributed by atoms with Gasteiger partial charge in [0.1, 0.15) is 69.1 Å². The molecular formula is C44H47ClN11O12S2+. The lowest BCUT2D eigenvalue weighted by Gasteiger charge is -2.49. The number of β-lactam (4-membered cyclic amide) rings is 1. The van der Waals surface area contributed by atoms with E-state index in [1.165, 1.54) is 36.9 Å². The van der Waals surface area contributed by atoms with Crippen molar-refractivity contribution in [3.8, 4) is 28.4 Å². The van der Waals surface area contributed by atoms with Crippen molar-refractivity contribution in [2.24, 2.45) is 5.16 Å². The molecule has 7 rings (SSSR count). The van der Waals surface area contributed by atoms with Crippen LogP contribution in [0.25, 0.3) is 11.1 Å². The number of aliphatic carboxylic acids is 1. The molecule has 0 radical (unpaired) electrons. The Morgan fingerprint density at radius 3 is 2.47 bits per heavy atom. The first-order valence-corrected chi connectivity index (χ1v) is 23.6. The van der Waals surface area contributed by atoms with Crippen LogP contribution in [0.2, 0.25) is 4.34 Å². The zero-order valence-corrected chi connectivity index (χ0v) is 39.8. The molecule has 26 heteroatoms. The van der Waals surface area contributed by atoms with Crippen LogP contribution in [0.3, 0.4) is 0 Å². The van der Waals surface area contributed by atoms with Crippen LogP contribution < -0.4 is 42.2 Å². The molecule has 1 fully saturated rings. The molecule has 70 heavy (non-hydrogen) atoms. The second-order valence-electron chi connectivity index (χ2n) is 16.1. The molecule has 0 saturated carbocycles. The molecule has 1 saturated heterocycles. The lowest BCUT2D eigenvalue weighted by molar-refractivity contribution is -0.689. The number of hydrogen-bond acceptors (Lipinski definition) is 17. The number of nitrogen functional groups attached to an aromatic ring is 1. The van der Waals surface area contributed by atoms with Gasteiger partial charge < -0.3 is 62.9 Å². The number of hydrogen-bond donors (Lipinski definition) is 11. The van der Waals surface area contributed by atoms with Gasteiger partial charge in [-0.05, 0) is 50.2 Å². The predicted octanol–water partition coefficient (Wildman–Crippen LogP) is 0.257. The van der Waals surface area contributed by atoms with E-state index in [4.69, 9.17) is 22.2 Å². The fourth-order valence-electron chi connectivity index (χ4n) is 7.69. The molecule has 368 valence electrons. The highest BCUT2D eigenvalue weighted by Gasteiger charge is 2.55. The van der Waals surface area contributed by atoms with Crippen molar-refractivity contribution in [1.82, 2.24) is 41.8 Å². The molecule has 3 aliphatic heterocycles. The van der Waals surface area contributed by atoms with Gasteiger partial charge in [-0.15, -0.1) is 11.8 Å². The number of thiazole rings is 1. The van der Waals surface area contributed by atoms with Crippen molar-refractivity contribution in [3.63, 3.8) is 0 Å². The number of phenols is 3. The van der Waals surface area contributed by atoms with Crippen molar-refractivity contribution in [3.05, 3.63) is 93.4 Å². The maximum Gasteiger partial charge on any atom is 0.352 e. The first kappa shape index (κ1) is 50.4. The number of carboxylic acid groups (broad SMARTS) is 1. The van der Waals surface area contributed by atoms with E-state index in [0.717, 1.165) is 28.4 Å². The van der Waals surface area contributed by atoms with Crippen LogP contribution in [0.1, 0.15) is 49.2 Å². The van der Waals surface area contributed by atoms with E-state index >= 15 is 0 Å². The Morgan fingerprint density at radius 1 is 1.04 bits per heavy atom. The summed E-state index contributed by atoms with van der Waals surface area (Å²) < 4.78 is 1.76. The summed E-state index contributed by atoms with van der Waals surface area (Å²) in [6, 6.07) is 5.16. The van der Waals surface area contributed by atoms with Crippen LogP contribution >= 0.6 is 34.7 Å². The number of nitrogens with one attached hydrogen (secondary N) is 6. The quantitative estimate of drug-likeness (QED) is 0.0250. The Kier molecular flexibility index (Phi) is 15.4. The van der Waals surface area contributed by atoms with E-state index < -0.39 is 100.0 Å². The number of anilines is 1. The highest BCUT2D eigenvalue weighted by Crippen LogP contribution is 2.44. The zero-order chi connectivity index (χ0) is 50.6. The van der Waals surface area contributed by atoms with Gasteiger partial charge in [0, 0.05) is 53.6 Å². The van der Waals surface area contributed by atoms with Gasteiger partial charge in [-0.2, -0.15) is 0 Å². The Labute approximate surface area is 411 Å². The van der Waals surface area contributed by atoms with Gasteiger partial charge in [0.2, 0.25) is 23.6 Å². The van der Waals surface area contributed by atoms with Gasteiger partial charge in [-0.1, -0.05) is 40.2 Å². The first-order chi connectivity index (χ1) is 33.4. The Bertz CT molecular complexity index is 2830. The number of halogens is 1. The number of benzene rings is 2. The SMILES string of the molecule is CN[C@H](C)C(=O)N[C@H]1C(=O)N[C@@H](C)C(=O)N[C@H](C(=O)NCCCO/N=C(\C(=O)N[C@@H]2C(=O)N3C(C(=O)O)=C(C[n+]4ccccc4)CS[C@H]23)c2nc(N)sc2Cl)c2cc(O)cc(O)c2-c2cc1ccc2O. The normalized spacial score (nSPS) is 20.5. The third-order valence-electron chi connectivity index (χ3n) is 11.3. The van der Waals surface area contributed by atoms with Crippen molar-refractivity contribution in [2.45, 2.75) is 62.4 Å². The first-order valence-electron chi connectivity index (χ1n) is 21.4. The van der Waals surface area contributed by atoms with Crippen LogP contribution in [-0.4, -0.2) is 127 Å². The fourth-order valence-corrected chi connectivity index (χ4v) is 9.95. The summed E-state index contributed by atoms with van der Waals surface area (Å²) in [5.74, 6) is -7.26. The highest BCUT2D eigenvalue weighted by atomic mass is 35.5. The molecule has 2 aromatic carbocycles. The molecule has 0 spiro atoms. The van der Waals surface area contributed by atoms with Crippen molar-refractivity contribution in [1.29, 1.82) is 0 Å². The minimum atomic E-state index is -1.66. The number of phenolic OH excluding ortho intramolecular Hbond substituents is 3. The third kappa shape index (κ3) is 10.7. The average Bonchev–Trinajstić information content (AvgIpc) is 3.66. The molecule has 6 atom stereocenters. The lowest BCUT2D eigenvalue weighted by atomic mass is 9.89. The second-order valence-corrected chi connectivity index (χ2v) is 18.8. The number of pyridine rings is 1. The maximum absolute atomic E-state index is 14.1. The number of nitrogens with two attached hydrogens (primary N) is 1. The summed E-state index contributed by atoms with van der Waals surface area (Å²) in [7, 11) is 1.55. The molecule has 6 amide bonds. The minimum absolute atomic E-state index is 0.00811. The largest absolute Gasteiger partial charge is 0.508 e. The number of rotatable bonds is 15. The van der Waals surface area contributed by atoms with Gasteiger partial charge in [0.15, 0.2) is 29.8 Å². The molecule has 12 N–H and O–H groups in total. The number of aromatic nitrogens is 2. The number of nitrogens with zero attached hydrogens (tertiary/aromatic N) is 4. The van der Waals surface area contributed by atoms with Gasteiger partial charge in [0.25, 0.3) is 11.8 Å². The zero-order valence-electron chi connectivity index (χ0n) is 37.4. The molecule has 0 unspecified atom stereocenters.